The van der Waals surface area contributed by atoms with E-state index in [-0.39, 0.29) is 30.7 Å². The molecule has 12 heteroatoms. The number of carbonyl (C=O) groups excluding carboxylic acids is 4. The van der Waals surface area contributed by atoms with Crippen molar-refractivity contribution in [2.45, 2.75) is 90.4 Å². The molecule has 0 fully saturated rings. The Morgan fingerprint density at radius 1 is 0.959 bits per heavy atom. The summed E-state index contributed by atoms with van der Waals surface area (Å²) < 4.78 is 22.7. The van der Waals surface area contributed by atoms with E-state index in [0.717, 1.165) is 54.5 Å². The fraction of sp³-hybridized carbons (Fsp3) is 0.568. The van der Waals surface area contributed by atoms with Gasteiger partial charge < -0.3 is 44.6 Å². The summed E-state index contributed by atoms with van der Waals surface area (Å²) in [6.07, 6.45) is 4.81. The number of fused-ring (bicyclic) bond motifs is 1. The number of benzene rings is 2. The van der Waals surface area contributed by atoms with Crippen LogP contribution in [0.15, 0.2) is 42.5 Å². The number of aldehydes is 1. The van der Waals surface area contributed by atoms with Crippen LogP contribution < -0.4 is 20.7 Å². The van der Waals surface area contributed by atoms with Gasteiger partial charge in [-0.25, -0.2) is 4.79 Å². The highest BCUT2D eigenvalue weighted by Gasteiger charge is 2.36. The van der Waals surface area contributed by atoms with E-state index in [2.05, 4.69) is 16.0 Å². The van der Waals surface area contributed by atoms with Crippen LogP contribution in [0.25, 0.3) is 0 Å². The van der Waals surface area contributed by atoms with Crippen LogP contribution in [-0.4, -0.2) is 87.4 Å². The molecule has 12 nitrogen and oxygen atoms in total. The summed E-state index contributed by atoms with van der Waals surface area (Å²) in [5, 5.41) is 8.81. The second-order valence-electron chi connectivity index (χ2n) is 13.0. The molecule has 2 aromatic carbocycles. The second kappa shape index (κ2) is 20.4. The predicted molar refractivity (Wildman–Crippen MR) is 188 cm³/mol. The van der Waals surface area contributed by atoms with E-state index in [1.54, 1.807) is 6.07 Å². The summed E-state index contributed by atoms with van der Waals surface area (Å²) in [4.78, 5) is 50.0. The molecule has 1 aliphatic rings. The van der Waals surface area contributed by atoms with E-state index in [9.17, 15) is 19.2 Å². The van der Waals surface area contributed by atoms with Gasteiger partial charge in [0, 0.05) is 50.0 Å². The molecule has 270 valence electrons. The lowest BCUT2D eigenvalue weighted by molar-refractivity contribution is -0.125. The molecular formula is C37H54N4O8. The van der Waals surface area contributed by atoms with E-state index < -0.39 is 17.7 Å². The van der Waals surface area contributed by atoms with Crippen LogP contribution in [0, 0.1) is 0 Å². The Balaban J connectivity index is 1.22. The number of likely N-dealkylation sites (N-methyl/N-ethyl adjacent to an activating group) is 1. The van der Waals surface area contributed by atoms with Crippen molar-refractivity contribution in [3.8, 4) is 5.75 Å². The lowest BCUT2D eigenvalue weighted by atomic mass is 10.1. The fourth-order valence-electron chi connectivity index (χ4n) is 5.46. The number of anilines is 1. The minimum atomic E-state index is -0.693. The Bertz CT molecular complexity index is 1360. The predicted octanol–water partition coefficient (Wildman–Crippen LogP) is 5.41. The second-order valence-corrected chi connectivity index (χ2v) is 13.0. The van der Waals surface area contributed by atoms with Gasteiger partial charge in [-0.1, -0.05) is 24.6 Å². The van der Waals surface area contributed by atoms with Crippen molar-refractivity contribution in [1.82, 2.24) is 15.5 Å². The van der Waals surface area contributed by atoms with Crippen molar-refractivity contribution >= 4 is 29.9 Å². The summed E-state index contributed by atoms with van der Waals surface area (Å²) in [7, 11) is 1.53. The zero-order valence-corrected chi connectivity index (χ0v) is 29.7. The van der Waals surface area contributed by atoms with Gasteiger partial charge in [0.1, 0.15) is 23.7 Å². The van der Waals surface area contributed by atoms with Gasteiger partial charge in [0.05, 0.1) is 32.5 Å². The number of hydrogen-bond acceptors (Lipinski definition) is 9. The van der Waals surface area contributed by atoms with Crippen LogP contribution in [-0.2, 0) is 30.3 Å². The van der Waals surface area contributed by atoms with Gasteiger partial charge >= 0.3 is 6.09 Å². The summed E-state index contributed by atoms with van der Waals surface area (Å²) in [6.45, 7) is 11.1. The lowest BCUT2D eigenvalue weighted by Gasteiger charge is -2.25. The van der Waals surface area contributed by atoms with Gasteiger partial charge in [-0.05, 0) is 83.2 Å². The molecule has 49 heavy (non-hydrogen) atoms. The first-order valence-electron chi connectivity index (χ1n) is 17.2. The first kappa shape index (κ1) is 39.3. The number of nitrogens with zero attached hydrogens (tertiary/aromatic N) is 1. The molecule has 3 rings (SSSR count). The Hall–Kier alpha value is -4.16. The summed E-state index contributed by atoms with van der Waals surface area (Å²) in [5.41, 5.74) is 2.65. The van der Waals surface area contributed by atoms with E-state index in [4.69, 9.17) is 18.9 Å². The Morgan fingerprint density at radius 2 is 1.67 bits per heavy atom. The van der Waals surface area contributed by atoms with Crippen LogP contribution in [0.2, 0.25) is 0 Å². The molecule has 0 bridgehead atoms. The average molecular weight is 683 g/mol. The van der Waals surface area contributed by atoms with Crippen molar-refractivity contribution < 1.29 is 38.1 Å². The number of amides is 3. The average Bonchev–Trinajstić information content (AvgIpc) is 3.40. The van der Waals surface area contributed by atoms with E-state index in [1.165, 1.54) is 11.9 Å². The van der Waals surface area contributed by atoms with Gasteiger partial charge in [-0.15, -0.1) is 0 Å². The van der Waals surface area contributed by atoms with Crippen molar-refractivity contribution in [2.24, 2.45) is 0 Å². The zero-order chi connectivity index (χ0) is 35.6. The molecule has 0 radical (unpaired) electrons. The topological polar surface area (TPSA) is 145 Å². The van der Waals surface area contributed by atoms with Crippen molar-refractivity contribution in [1.29, 1.82) is 0 Å². The molecule has 3 amide bonds. The molecule has 0 saturated carbocycles. The molecule has 0 spiro atoms. The minimum absolute atomic E-state index is 0.200. The summed E-state index contributed by atoms with van der Waals surface area (Å²) in [5.74, 6) is 0.296. The molecule has 2 atom stereocenters. The molecule has 0 aromatic heterocycles. The number of rotatable bonds is 22. The maximum Gasteiger partial charge on any atom is 0.408 e. The number of alkyl carbamates (subject to hydrolysis) is 1. The maximum absolute atomic E-state index is 13.1. The monoisotopic (exact) mass is 682 g/mol. The largest absolute Gasteiger partial charge is 0.494 e. The highest BCUT2D eigenvalue weighted by molar-refractivity contribution is 6.02. The van der Waals surface area contributed by atoms with Crippen molar-refractivity contribution in [2.75, 3.05) is 51.9 Å². The van der Waals surface area contributed by atoms with Crippen molar-refractivity contribution in [3.05, 3.63) is 59.2 Å². The highest BCUT2D eigenvalue weighted by Crippen LogP contribution is 2.31. The normalized spacial score (nSPS) is 13.7. The van der Waals surface area contributed by atoms with E-state index in [0.29, 0.717) is 51.7 Å². The Labute approximate surface area is 290 Å². The third kappa shape index (κ3) is 13.3. The molecule has 0 aliphatic carbocycles. The summed E-state index contributed by atoms with van der Waals surface area (Å²) in [6, 6.07) is 12.4. The molecule has 2 aromatic rings. The van der Waals surface area contributed by atoms with Crippen LogP contribution in [0.3, 0.4) is 0 Å². The molecule has 1 heterocycles. The minimum Gasteiger partial charge on any atom is -0.494 e. The van der Waals surface area contributed by atoms with E-state index in [1.807, 2.05) is 64.1 Å². The van der Waals surface area contributed by atoms with Crippen LogP contribution in [0.4, 0.5) is 10.5 Å². The zero-order valence-electron chi connectivity index (χ0n) is 29.7. The van der Waals surface area contributed by atoms with Crippen molar-refractivity contribution in [3.63, 3.8) is 0 Å². The molecule has 3 N–H and O–H groups in total. The molecular weight excluding hydrogens is 628 g/mol. The first-order valence-corrected chi connectivity index (χ1v) is 17.2. The van der Waals surface area contributed by atoms with Gasteiger partial charge in [-0.3, -0.25) is 9.59 Å². The fourth-order valence-corrected chi connectivity index (χ4v) is 5.46. The Morgan fingerprint density at radius 3 is 2.39 bits per heavy atom. The number of unbranched alkanes of at least 4 members (excludes halogenated alkanes) is 3. The quantitative estimate of drug-likeness (QED) is 0.110. The van der Waals surface area contributed by atoms with Gasteiger partial charge in [0.25, 0.3) is 5.91 Å². The molecule has 0 saturated heterocycles. The van der Waals surface area contributed by atoms with Gasteiger partial charge in [0.2, 0.25) is 5.91 Å². The molecule has 1 aliphatic heterocycles. The number of carbonyl (C=O) groups is 4. The van der Waals surface area contributed by atoms with Crippen LogP contribution >= 0.6 is 0 Å². The first-order chi connectivity index (χ1) is 23.5. The Kier molecular flexibility index (Phi) is 16.3. The van der Waals surface area contributed by atoms with Gasteiger partial charge in [-0.2, -0.15) is 0 Å². The summed E-state index contributed by atoms with van der Waals surface area (Å²) >= 11 is 0. The standard InChI is InChI=1S/C37H54N4O8/c1-27(40-36(45)49-37(2,3)4)28-13-10-14-29(25-28)48-21-9-7-6-8-20-46-23-24-47-22-18-39-32-16-11-15-30-31(32)26-41(35(30)44)33(17-12-19-42)34(43)38-5/h10-11,13-16,19,25,27,33,39H,6-9,12,17-18,20-24,26H2,1-5H3,(H,38,43)(H,40,45). The lowest BCUT2D eigenvalue weighted by Crippen LogP contribution is -2.46. The third-order valence-corrected chi connectivity index (χ3v) is 7.96. The number of ether oxygens (including phenoxy) is 4. The highest BCUT2D eigenvalue weighted by atomic mass is 16.6. The SMILES string of the molecule is CNC(=O)C(CCC=O)N1Cc2c(NCCOCCOCCCCCCOc3cccc(C(C)NC(=O)OC(C)(C)C)c3)cccc2C1=O. The maximum atomic E-state index is 13.1. The smallest absolute Gasteiger partial charge is 0.408 e. The van der Waals surface area contributed by atoms with Crippen LogP contribution in [0.1, 0.15) is 93.7 Å². The third-order valence-electron chi connectivity index (χ3n) is 7.96. The van der Waals surface area contributed by atoms with E-state index >= 15 is 0 Å². The van der Waals surface area contributed by atoms with Crippen LogP contribution in [0.5, 0.6) is 5.75 Å². The number of nitrogens with one attached hydrogen (secondary N) is 3. The molecule has 2 unspecified atom stereocenters. The van der Waals surface area contributed by atoms with Gasteiger partial charge in [0.15, 0.2) is 0 Å². The number of hydrogen-bond donors (Lipinski definition) is 3.